The Labute approximate surface area is 81.3 Å². The Kier molecular flexibility index (Phi) is 2.78. The number of carbonyl (C=O) groups is 2. The average Bonchev–Trinajstić information content (AvgIpc) is 2.41. The molecule has 78 valence electrons. The number of aliphatic hydroxyl groups is 1. The van der Waals surface area contributed by atoms with E-state index in [0.717, 1.165) is 7.11 Å². The van der Waals surface area contributed by atoms with Crippen molar-refractivity contribution in [1.82, 2.24) is 0 Å². The summed E-state index contributed by atoms with van der Waals surface area (Å²) < 4.78 is 9.15. The van der Waals surface area contributed by atoms with Gasteiger partial charge in [-0.15, -0.1) is 0 Å². The van der Waals surface area contributed by atoms with E-state index in [1.807, 2.05) is 0 Å². The van der Waals surface area contributed by atoms with Gasteiger partial charge < -0.3 is 14.6 Å². The summed E-state index contributed by atoms with van der Waals surface area (Å²) in [6, 6.07) is 0. The van der Waals surface area contributed by atoms with Crippen molar-refractivity contribution in [3.8, 4) is 0 Å². The van der Waals surface area contributed by atoms with Gasteiger partial charge in [-0.2, -0.15) is 0 Å². The average molecular weight is 200 g/mol. The van der Waals surface area contributed by atoms with Crippen LogP contribution in [0.3, 0.4) is 0 Å². The molecule has 0 bridgehead atoms. The van der Waals surface area contributed by atoms with Crippen molar-refractivity contribution in [1.29, 1.82) is 0 Å². The van der Waals surface area contributed by atoms with Gasteiger partial charge in [0.2, 0.25) is 0 Å². The van der Waals surface area contributed by atoms with Crippen LogP contribution in [-0.4, -0.2) is 30.3 Å². The minimum absolute atomic E-state index is 0.0823. The summed E-state index contributed by atoms with van der Waals surface area (Å²) in [7, 11) is 1.14. The number of hydrogen-bond acceptors (Lipinski definition) is 5. The molecule has 0 saturated carbocycles. The molecule has 0 spiro atoms. The summed E-state index contributed by atoms with van der Waals surface area (Å²) in [4.78, 5) is 22.2. The maximum absolute atomic E-state index is 11.2. The van der Waals surface area contributed by atoms with Crippen LogP contribution in [0.4, 0.5) is 0 Å². The van der Waals surface area contributed by atoms with Crippen LogP contribution >= 0.6 is 0 Å². The third kappa shape index (κ3) is 1.57. The highest BCUT2D eigenvalue weighted by Crippen LogP contribution is 2.26. The predicted octanol–water partition coefficient (Wildman–Crippen LogP) is 0.553. The Morgan fingerprint density at radius 3 is 2.50 bits per heavy atom. The molecule has 1 atom stereocenters. The Balaban J connectivity index is 3.02. The summed E-state index contributed by atoms with van der Waals surface area (Å²) in [5, 5.41) is 9.52. The zero-order valence-corrected chi connectivity index (χ0v) is 8.23. The van der Waals surface area contributed by atoms with Gasteiger partial charge in [0, 0.05) is 0 Å². The number of hydrogen-bond donors (Lipinski definition) is 1. The van der Waals surface area contributed by atoms with Gasteiger partial charge in [0.1, 0.15) is 0 Å². The van der Waals surface area contributed by atoms with E-state index in [1.54, 1.807) is 13.8 Å². The van der Waals surface area contributed by atoms with Crippen molar-refractivity contribution in [2.75, 3.05) is 7.11 Å². The molecule has 0 aliphatic carbocycles. The molecule has 1 aliphatic heterocycles. The SMILES string of the molecule is COC(=O)C1=C(O)[C@H](C(C)C)OC1=O. The Hall–Kier alpha value is -1.52. The van der Waals surface area contributed by atoms with Crippen molar-refractivity contribution in [3.05, 3.63) is 11.3 Å². The van der Waals surface area contributed by atoms with Gasteiger partial charge in [0.25, 0.3) is 0 Å². The Morgan fingerprint density at radius 2 is 2.14 bits per heavy atom. The molecule has 0 fully saturated rings. The number of aliphatic hydroxyl groups excluding tert-OH is 1. The molecule has 0 aromatic heterocycles. The minimum Gasteiger partial charge on any atom is -0.507 e. The van der Waals surface area contributed by atoms with E-state index in [9.17, 15) is 14.7 Å². The lowest BCUT2D eigenvalue weighted by Crippen LogP contribution is -2.18. The standard InChI is InChI=1S/C9H12O5/c1-4(2)7-6(10)5(8(11)13-3)9(12)14-7/h4,7,10H,1-3H3/t7-/m0/s1. The van der Waals surface area contributed by atoms with E-state index in [1.165, 1.54) is 0 Å². The predicted molar refractivity (Wildman–Crippen MR) is 46.4 cm³/mol. The van der Waals surface area contributed by atoms with E-state index >= 15 is 0 Å². The number of carbonyl (C=O) groups excluding carboxylic acids is 2. The molecule has 0 aromatic carbocycles. The van der Waals surface area contributed by atoms with Gasteiger partial charge in [-0.25, -0.2) is 9.59 Å². The third-order valence-corrected chi connectivity index (χ3v) is 1.96. The molecule has 0 amide bonds. The summed E-state index contributed by atoms with van der Waals surface area (Å²) in [6.45, 7) is 3.54. The molecule has 1 rings (SSSR count). The molecule has 5 heteroatoms. The molecule has 1 aliphatic rings. The molecule has 1 heterocycles. The molecule has 14 heavy (non-hydrogen) atoms. The lowest BCUT2D eigenvalue weighted by Gasteiger charge is -2.12. The number of methoxy groups -OCH3 is 1. The molecular weight excluding hydrogens is 188 g/mol. The van der Waals surface area contributed by atoms with Crippen LogP contribution in [0.5, 0.6) is 0 Å². The van der Waals surface area contributed by atoms with Crippen LogP contribution in [0.25, 0.3) is 0 Å². The van der Waals surface area contributed by atoms with Crippen molar-refractivity contribution in [2.24, 2.45) is 5.92 Å². The minimum atomic E-state index is -0.865. The maximum Gasteiger partial charge on any atom is 0.349 e. The molecule has 1 N–H and O–H groups in total. The summed E-state index contributed by atoms with van der Waals surface area (Å²) >= 11 is 0. The van der Waals surface area contributed by atoms with Crippen LogP contribution < -0.4 is 0 Å². The van der Waals surface area contributed by atoms with Crippen LogP contribution in [0.2, 0.25) is 0 Å². The first-order valence-electron chi connectivity index (χ1n) is 4.21. The van der Waals surface area contributed by atoms with Crippen molar-refractivity contribution < 1.29 is 24.2 Å². The highest BCUT2D eigenvalue weighted by Gasteiger charge is 2.40. The highest BCUT2D eigenvalue weighted by molar-refractivity contribution is 6.15. The molecule has 0 saturated heterocycles. The second-order valence-corrected chi connectivity index (χ2v) is 3.32. The number of cyclic esters (lactones) is 1. The first-order valence-corrected chi connectivity index (χ1v) is 4.21. The fourth-order valence-corrected chi connectivity index (χ4v) is 1.22. The van der Waals surface area contributed by atoms with Gasteiger partial charge >= 0.3 is 11.9 Å². The van der Waals surface area contributed by atoms with Gasteiger partial charge in [-0.05, 0) is 5.92 Å². The summed E-state index contributed by atoms with van der Waals surface area (Å²) in [5.74, 6) is -2.11. The van der Waals surface area contributed by atoms with Gasteiger partial charge in [-0.1, -0.05) is 13.8 Å². The Morgan fingerprint density at radius 1 is 1.57 bits per heavy atom. The van der Waals surface area contributed by atoms with E-state index in [4.69, 9.17) is 4.74 Å². The largest absolute Gasteiger partial charge is 0.507 e. The lowest BCUT2D eigenvalue weighted by molar-refractivity contribution is -0.146. The summed E-state index contributed by atoms with van der Waals surface area (Å²) in [6.07, 6.45) is -0.739. The van der Waals surface area contributed by atoms with Gasteiger partial charge in [0.05, 0.1) is 7.11 Å². The molecular formula is C9H12O5. The molecule has 0 aromatic rings. The maximum atomic E-state index is 11.2. The number of rotatable bonds is 2. The second kappa shape index (κ2) is 3.69. The number of ether oxygens (including phenoxy) is 2. The topological polar surface area (TPSA) is 72.8 Å². The first kappa shape index (κ1) is 10.6. The van der Waals surface area contributed by atoms with E-state index in [2.05, 4.69) is 4.74 Å². The van der Waals surface area contributed by atoms with E-state index in [-0.39, 0.29) is 11.7 Å². The van der Waals surface area contributed by atoms with Crippen LogP contribution in [-0.2, 0) is 19.1 Å². The van der Waals surface area contributed by atoms with Crippen molar-refractivity contribution in [3.63, 3.8) is 0 Å². The van der Waals surface area contributed by atoms with Gasteiger partial charge in [0.15, 0.2) is 17.4 Å². The summed E-state index contributed by atoms with van der Waals surface area (Å²) in [5.41, 5.74) is -0.397. The first-order chi connectivity index (χ1) is 6.49. The highest BCUT2D eigenvalue weighted by atomic mass is 16.6. The quantitative estimate of drug-likeness (QED) is 0.520. The van der Waals surface area contributed by atoms with E-state index < -0.39 is 23.6 Å². The van der Waals surface area contributed by atoms with Gasteiger partial charge in [-0.3, -0.25) is 0 Å². The van der Waals surface area contributed by atoms with E-state index in [0.29, 0.717) is 0 Å². The number of esters is 2. The lowest BCUT2D eigenvalue weighted by atomic mass is 10.0. The second-order valence-electron chi connectivity index (χ2n) is 3.32. The molecule has 0 unspecified atom stereocenters. The van der Waals surface area contributed by atoms with Crippen molar-refractivity contribution in [2.45, 2.75) is 20.0 Å². The third-order valence-electron chi connectivity index (χ3n) is 1.96. The van der Waals surface area contributed by atoms with Crippen molar-refractivity contribution >= 4 is 11.9 Å². The molecule has 5 nitrogen and oxygen atoms in total. The monoisotopic (exact) mass is 200 g/mol. The fraction of sp³-hybridized carbons (Fsp3) is 0.556. The fourth-order valence-electron chi connectivity index (χ4n) is 1.22. The Bertz CT molecular complexity index is 302. The zero-order valence-electron chi connectivity index (χ0n) is 8.23. The smallest absolute Gasteiger partial charge is 0.349 e. The van der Waals surface area contributed by atoms with Crippen LogP contribution in [0.15, 0.2) is 11.3 Å². The van der Waals surface area contributed by atoms with Crippen LogP contribution in [0, 0.1) is 5.92 Å². The van der Waals surface area contributed by atoms with Crippen LogP contribution in [0.1, 0.15) is 13.8 Å². The normalized spacial score (nSPS) is 21.4. The zero-order chi connectivity index (χ0) is 10.9. The molecule has 0 radical (unpaired) electrons.